The Labute approximate surface area is 142 Å². The predicted octanol–water partition coefficient (Wildman–Crippen LogP) is 1.99. The van der Waals surface area contributed by atoms with Gasteiger partial charge in [0, 0.05) is 49.8 Å². The average Bonchev–Trinajstić information content (AvgIpc) is 3.25. The third-order valence-corrected chi connectivity index (χ3v) is 6.73. The van der Waals surface area contributed by atoms with Crippen LogP contribution >= 0.6 is 11.3 Å². The van der Waals surface area contributed by atoms with Gasteiger partial charge in [-0.3, -0.25) is 4.99 Å². The quantitative estimate of drug-likeness (QED) is 0.678. The Morgan fingerprint density at radius 2 is 2.00 bits per heavy atom. The van der Waals surface area contributed by atoms with Crippen LogP contribution < -0.4 is 5.32 Å². The van der Waals surface area contributed by atoms with E-state index in [1.54, 1.807) is 0 Å². The molecule has 2 bridgehead atoms. The number of likely N-dealkylation sites (tertiary alicyclic amines) is 1. The summed E-state index contributed by atoms with van der Waals surface area (Å²) in [5, 5.41) is 4.71. The molecule has 126 valence electrons. The van der Waals surface area contributed by atoms with Crippen LogP contribution in [-0.2, 0) is 11.2 Å². The molecule has 0 spiro atoms. The lowest BCUT2D eigenvalue weighted by Crippen LogP contribution is -2.42. The first-order valence-electron chi connectivity index (χ1n) is 8.69. The molecule has 3 aliphatic heterocycles. The van der Waals surface area contributed by atoms with E-state index < -0.39 is 0 Å². The van der Waals surface area contributed by atoms with Crippen LogP contribution in [0.4, 0.5) is 0 Å². The van der Waals surface area contributed by atoms with Gasteiger partial charge in [-0.2, -0.15) is 0 Å². The summed E-state index contributed by atoms with van der Waals surface area (Å²) >= 11 is 1.81. The molecule has 4 unspecified atom stereocenters. The summed E-state index contributed by atoms with van der Waals surface area (Å²) in [5.74, 6) is 2.50. The predicted molar refractivity (Wildman–Crippen MR) is 93.1 cm³/mol. The fourth-order valence-electron chi connectivity index (χ4n) is 4.56. The van der Waals surface area contributed by atoms with Crippen LogP contribution in [0.2, 0.25) is 0 Å². The molecule has 3 saturated heterocycles. The Kier molecular flexibility index (Phi) is 4.05. The highest BCUT2D eigenvalue weighted by Gasteiger charge is 2.53. The van der Waals surface area contributed by atoms with Crippen LogP contribution in [0.15, 0.2) is 4.99 Å². The Balaban J connectivity index is 1.32. The highest BCUT2D eigenvalue weighted by atomic mass is 32.1. The second kappa shape index (κ2) is 6.06. The number of aryl methyl sites for hydroxylation is 2. The van der Waals surface area contributed by atoms with Crippen molar-refractivity contribution in [2.75, 3.05) is 26.7 Å². The number of ether oxygens (including phenoxy) is 1. The fraction of sp³-hybridized carbons (Fsp3) is 0.765. The Morgan fingerprint density at radius 1 is 1.30 bits per heavy atom. The smallest absolute Gasteiger partial charge is 0.193 e. The van der Waals surface area contributed by atoms with Gasteiger partial charge in [0.25, 0.3) is 0 Å². The first kappa shape index (κ1) is 15.4. The lowest BCUT2D eigenvalue weighted by Gasteiger charge is -2.23. The number of hydrogen-bond donors (Lipinski definition) is 1. The summed E-state index contributed by atoms with van der Waals surface area (Å²) in [6.07, 6.45) is 4.56. The van der Waals surface area contributed by atoms with E-state index in [9.17, 15) is 0 Å². The van der Waals surface area contributed by atoms with E-state index in [4.69, 9.17) is 4.74 Å². The van der Waals surface area contributed by atoms with Crippen LogP contribution in [-0.4, -0.2) is 54.7 Å². The molecule has 0 aliphatic carbocycles. The van der Waals surface area contributed by atoms with Gasteiger partial charge in [0.2, 0.25) is 0 Å². The second-order valence-electron chi connectivity index (χ2n) is 6.99. The molecule has 1 aromatic heterocycles. The van der Waals surface area contributed by atoms with E-state index in [0.717, 1.165) is 48.9 Å². The summed E-state index contributed by atoms with van der Waals surface area (Å²) in [5.41, 5.74) is 1.17. The topological polar surface area (TPSA) is 49.8 Å². The normalized spacial score (nSPS) is 32.7. The lowest BCUT2D eigenvalue weighted by atomic mass is 9.82. The van der Waals surface area contributed by atoms with Gasteiger partial charge in [-0.05, 0) is 26.7 Å². The maximum absolute atomic E-state index is 6.06. The van der Waals surface area contributed by atoms with Gasteiger partial charge in [-0.1, -0.05) is 0 Å². The number of hydrogen-bond acceptors (Lipinski definition) is 4. The zero-order chi connectivity index (χ0) is 16.0. The largest absolute Gasteiger partial charge is 0.374 e. The highest BCUT2D eigenvalue weighted by molar-refractivity contribution is 7.11. The first-order chi connectivity index (χ1) is 11.2. The summed E-state index contributed by atoms with van der Waals surface area (Å²) in [6, 6.07) is 0. The zero-order valence-corrected chi connectivity index (χ0v) is 15.0. The number of aliphatic imine (C=N–C) groups is 1. The third-order valence-electron chi connectivity index (χ3n) is 5.60. The molecule has 23 heavy (non-hydrogen) atoms. The van der Waals surface area contributed by atoms with Gasteiger partial charge < -0.3 is 15.0 Å². The minimum absolute atomic E-state index is 0.510. The molecule has 1 N–H and O–H groups in total. The second-order valence-corrected chi connectivity index (χ2v) is 8.28. The maximum Gasteiger partial charge on any atom is 0.193 e. The number of nitrogens with zero attached hydrogens (tertiary/aromatic N) is 3. The lowest BCUT2D eigenvalue weighted by molar-refractivity contribution is 0.0767. The average molecular weight is 334 g/mol. The molecule has 0 radical (unpaired) electrons. The number of nitrogens with one attached hydrogen (secondary N) is 1. The number of fused-ring (bicyclic) bond motifs is 5. The molecule has 0 aromatic carbocycles. The molecule has 4 atom stereocenters. The zero-order valence-electron chi connectivity index (χ0n) is 14.2. The molecule has 5 nitrogen and oxygen atoms in total. The number of thiazole rings is 1. The molecule has 6 heteroatoms. The van der Waals surface area contributed by atoms with Crippen molar-refractivity contribution < 1.29 is 4.74 Å². The maximum atomic E-state index is 6.06. The molecule has 4 heterocycles. The highest BCUT2D eigenvalue weighted by Crippen LogP contribution is 2.47. The molecule has 0 saturated carbocycles. The van der Waals surface area contributed by atoms with Gasteiger partial charge in [-0.25, -0.2) is 4.98 Å². The van der Waals surface area contributed by atoms with E-state index in [0.29, 0.717) is 12.2 Å². The van der Waals surface area contributed by atoms with Gasteiger partial charge in [0.05, 0.1) is 22.9 Å². The minimum Gasteiger partial charge on any atom is -0.374 e. The van der Waals surface area contributed by atoms with Crippen molar-refractivity contribution in [2.45, 2.75) is 45.3 Å². The number of aromatic nitrogens is 1. The van der Waals surface area contributed by atoms with Crippen LogP contribution in [0, 0.1) is 25.7 Å². The van der Waals surface area contributed by atoms with E-state index in [1.165, 1.54) is 23.4 Å². The molecule has 1 aromatic rings. The van der Waals surface area contributed by atoms with Gasteiger partial charge in [0.15, 0.2) is 5.96 Å². The number of rotatable bonds is 3. The third kappa shape index (κ3) is 2.76. The number of guanidine groups is 1. The summed E-state index contributed by atoms with van der Waals surface area (Å²) in [7, 11) is 1.89. The molecule has 3 aliphatic rings. The Hall–Kier alpha value is -1.14. The van der Waals surface area contributed by atoms with Crippen molar-refractivity contribution in [3.63, 3.8) is 0 Å². The molecular formula is C17H26N4OS. The Morgan fingerprint density at radius 3 is 2.57 bits per heavy atom. The van der Waals surface area contributed by atoms with E-state index in [1.807, 2.05) is 18.4 Å². The standard InChI is InChI=1S/C17H26N4OS/c1-10-16(23-11(2)20-10)6-7-19-17(18-3)21-8-12-13(9-21)15-5-4-14(12)22-15/h12-15H,4-9H2,1-3H3,(H,18,19). The summed E-state index contributed by atoms with van der Waals surface area (Å²) in [4.78, 5) is 12.8. The molecule has 3 fully saturated rings. The first-order valence-corrected chi connectivity index (χ1v) is 9.51. The van der Waals surface area contributed by atoms with Crippen LogP contribution in [0.1, 0.15) is 28.4 Å². The minimum atomic E-state index is 0.510. The SMILES string of the molecule is CN=C(NCCc1sc(C)nc1C)N1CC2C3CCC(O3)C2C1. The van der Waals surface area contributed by atoms with Crippen molar-refractivity contribution in [1.82, 2.24) is 15.2 Å². The van der Waals surface area contributed by atoms with E-state index in [2.05, 4.69) is 34.0 Å². The van der Waals surface area contributed by atoms with Crippen molar-refractivity contribution >= 4 is 17.3 Å². The summed E-state index contributed by atoms with van der Waals surface area (Å²) < 4.78 is 6.06. The van der Waals surface area contributed by atoms with Crippen LogP contribution in [0.25, 0.3) is 0 Å². The summed E-state index contributed by atoms with van der Waals surface area (Å²) in [6.45, 7) is 7.30. The van der Waals surface area contributed by atoms with Crippen molar-refractivity contribution in [3.05, 3.63) is 15.6 Å². The van der Waals surface area contributed by atoms with Gasteiger partial charge >= 0.3 is 0 Å². The Bertz CT molecular complexity index is 596. The molecule has 4 rings (SSSR count). The van der Waals surface area contributed by atoms with Crippen molar-refractivity contribution in [2.24, 2.45) is 16.8 Å². The van der Waals surface area contributed by atoms with Crippen LogP contribution in [0.5, 0.6) is 0 Å². The monoisotopic (exact) mass is 334 g/mol. The van der Waals surface area contributed by atoms with Crippen molar-refractivity contribution in [3.8, 4) is 0 Å². The van der Waals surface area contributed by atoms with Crippen molar-refractivity contribution in [1.29, 1.82) is 0 Å². The van der Waals surface area contributed by atoms with E-state index in [-0.39, 0.29) is 0 Å². The molecule has 0 amide bonds. The van der Waals surface area contributed by atoms with Crippen LogP contribution in [0.3, 0.4) is 0 Å². The van der Waals surface area contributed by atoms with E-state index >= 15 is 0 Å². The van der Waals surface area contributed by atoms with Gasteiger partial charge in [-0.15, -0.1) is 11.3 Å². The van der Waals surface area contributed by atoms with Gasteiger partial charge in [0.1, 0.15) is 0 Å². The molecular weight excluding hydrogens is 308 g/mol. The fourth-order valence-corrected chi connectivity index (χ4v) is 5.50.